The summed E-state index contributed by atoms with van der Waals surface area (Å²) >= 11 is 0. The Morgan fingerprint density at radius 3 is 2.50 bits per heavy atom. The number of hydrogen-bond donors (Lipinski definition) is 1. The fourth-order valence-electron chi connectivity index (χ4n) is 3.76. The van der Waals surface area contributed by atoms with Gasteiger partial charge in [0.2, 0.25) is 5.91 Å². The molecule has 1 fully saturated rings. The van der Waals surface area contributed by atoms with Crippen molar-refractivity contribution in [3.8, 4) is 0 Å². The van der Waals surface area contributed by atoms with E-state index in [0.29, 0.717) is 18.7 Å². The van der Waals surface area contributed by atoms with Crippen molar-refractivity contribution >= 4 is 28.4 Å². The average Bonchev–Trinajstić information content (AvgIpc) is 2.73. The number of para-hydroxylation sites is 1. The first-order valence-corrected chi connectivity index (χ1v) is 9.48. The van der Waals surface area contributed by atoms with Crippen LogP contribution in [-0.2, 0) is 4.79 Å². The van der Waals surface area contributed by atoms with E-state index in [1.54, 1.807) is 24.5 Å². The van der Waals surface area contributed by atoms with Crippen LogP contribution in [-0.4, -0.2) is 39.8 Å². The second kappa shape index (κ2) is 7.76. The SMILES string of the molecule is CC(=O)Nc1cc2ccccc2nc1C1CCN(C(=O)c2ccncc2)CC1. The van der Waals surface area contributed by atoms with E-state index in [-0.39, 0.29) is 17.7 Å². The van der Waals surface area contributed by atoms with E-state index in [9.17, 15) is 9.59 Å². The number of carbonyl (C=O) groups is 2. The number of rotatable bonds is 3. The zero-order valence-electron chi connectivity index (χ0n) is 15.8. The van der Waals surface area contributed by atoms with Gasteiger partial charge in [-0.15, -0.1) is 0 Å². The maximum atomic E-state index is 12.7. The summed E-state index contributed by atoms with van der Waals surface area (Å²) in [5, 5.41) is 3.93. The quantitative estimate of drug-likeness (QED) is 0.760. The number of fused-ring (bicyclic) bond motifs is 1. The summed E-state index contributed by atoms with van der Waals surface area (Å²) < 4.78 is 0. The zero-order chi connectivity index (χ0) is 19.5. The summed E-state index contributed by atoms with van der Waals surface area (Å²) in [7, 11) is 0. The largest absolute Gasteiger partial charge is 0.339 e. The van der Waals surface area contributed by atoms with Crippen LogP contribution in [0, 0.1) is 0 Å². The third-order valence-electron chi connectivity index (χ3n) is 5.16. The van der Waals surface area contributed by atoms with Crippen molar-refractivity contribution in [1.29, 1.82) is 0 Å². The molecule has 3 aromatic rings. The molecule has 1 saturated heterocycles. The first-order chi connectivity index (χ1) is 13.6. The van der Waals surface area contributed by atoms with Crippen LogP contribution in [0.15, 0.2) is 54.9 Å². The third-order valence-corrected chi connectivity index (χ3v) is 5.16. The van der Waals surface area contributed by atoms with E-state index < -0.39 is 0 Å². The Labute approximate surface area is 163 Å². The van der Waals surface area contributed by atoms with E-state index in [2.05, 4.69) is 10.3 Å². The minimum Gasteiger partial charge on any atom is -0.339 e. The Morgan fingerprint density at radius 2 is 1.79 bits per heavy atom. The highest BCUT2D eigenvalue weighted by Crippen LogP contribution is 2.34. The van der Waals surface area contributed by atoms with Gasteiger partial charge in [-0.3, -0.25) is 19.6 Å². The van der Waals surface area contributed by atoms with Gasteiger partial charge in [0.25, 0.3) is 5.91 Å². The van der Waals surface area contributed by atoms with Crippen molar-refractivity contribution in [2.24, 2.45) is 0 Å². The van der Waals surface area contributed by atoms with Crippen molar-refractivity contribution < 1.29 is 9.59 Å². The molecule has 0 saturated carbocycles. The minimum atomic E-state index is -0.108. The second-order valence-electron chi connectivity index (χ2n) is 7.10. The summed E-state index contributed by atoms with van der Waals surface area (Å²) in [6.45, 7) is 2.84. The molecule has 0 aliphatic carbocycles. The molecule has 2 amide bonds. The standard InChI is InChI=1S/C22H22N4O2/c1-15(27)24-20-14-18-4-2-3-5-19(18)25-21(20)16-8-12-26(13-9-16)22(28)17-6-10-23-11-7-17/h2-7,10-11,14,16H,8-9,12-13H2,1H3,(H,24,27). The molecule has 1 aliphatic rings. The maximum absolute atomic E-state index is 12.7. The van der Waals surface area contributed by atoms with E-state index in [1.165, 1.54) is 6.92 Å². The van der Waals surface area contributed by atoms with Crippen LogP contribution >= 0.6 is 0 Å². The Morgan fingerprint density at radius 1 is 1.07 bits per heavy atom. The topological polar surface area (TPSA) is 75.2 Å². The van der Waals surface area contributed by atoms with Crippen LogP contribution in [0.2, 0.25) is 0 Å². The lowest BCUT2D eigenvalue weighted by atomic mass is 9.91. The van der Waals surface area contributed by atoms with Crippen LogP contribution in [0.4, 0.5) is 5.69 Å². The molecular formula is C22H22N4O2. The van der Waals surface area contributed by atoms with E-state index in [0.717, 1.165) is 35.1 Å². The first-order valence-electron chi connectivity index (χ1n) is 9.48. The van der Waals surface area contributed by atoms with Gasteiger partial charge in [0.05, 0.1) is 16.9 Å². The molecule has 0 atom stereocenters. The summed E-state index contributed by atoms with van der Waals surface area (Å²) in [5.74, 6) is 0.131. The number of amides is 2. The Kier molecular flexibility index (Phi) is 5.02. The van der Waals surface area contributed by atoms with Crippen molar-refractivity contribution in [1.82, 2.24) is 14.9 Å². The molecule has 1 aliphatic heterocycles. The van der Waals surface area contributed by atoms with Gasteiger partial charge in [0, 0.05) is 49.3 Å². The Balaban J connectivity index is 1.56. The number of piperidine rings is 1. The van der Waals surface area contributed by atoms with E-state index in [1.807, 2.05) is 35.2 Å². The number of carbonyl (C=O) groups excluding carboxylic acids is 2. The number of anilines is 1. The van der Waals surface area contributed by atoms with Gasteiger partial charge in [-0.1, -0.05) is 18.2 Å². The highest BCUT2D eigenvalue weighted by molar-refractivity contribution is 5.94. The number of benzene rings is 1. The number of hydrogen-bond acceptors (Lipinski definition) is 4. The molecule has 6 heteroatoms. The highest BCUT2D eigenvalue weighted by atomic mass is 16.2. The molecular weight excluding hydrogens is 352 g/mol. The molecule has 4 rings (SSSR count). The van der Waals surface area contributed by atoms with Gasteiger partial charge >= 0.3 is 0 Å². The van der Waals surface area contributed by atoms with Gasteiger partial charge in [-0.05, 0) is 37.1 Å². The number of likely N-dealkylation sites (tertiary alicyclic amines) is 1. The highest BCUT2D eigenvalue weighted by Gasteiger charge is 2.27. The molecule has 142 valence electrons. The summed E-state index contributed by atoms with van der Waals surface area (Å²) in [6, 6.07) is 13.4. The number of nitrogens with one attached hydrogen (secondary N) is 1. The fraction of sp³-hybridized carbons (Fsp3) is 0.273. The van der Waals surface area contributed by atoms with Gasteiger partial charge in [0.15, 0.2) is 0 Å². The van der Waals surface area contributed by atoms with Crippen LogP contribution < -0.4 is 5.32 Å². The average molecular weight is 374 g/mol. The fourth-order valence-corrected chi connectivity index (χ4v) is 3.76. The molecule has 1 aromatic carbocycles. The van der Waals surface area contributed by atoms with Crippen LogP contribution in [0.25, 0.3) is 10.9 Å². The molecule has 0 radical (unpaired) electrons. The first kappa shape index (κ1) is 18.1. The van der Waals surface area contributed by atoms with Crippen LogP contribution in [0.1, 0.15) is 41.7 Å². The molecule has 0 unspecified atom stereocenters. The lowest BCUT2D eigenvalue weighted by Crippen LogP contribution is -2.38. The Bertz CT molecular complexity index is 1010. The van der Waals surface area contributed by atoms with E-state index >= 15 is 0 Å². The maximum Gasteiger partial charge on any atom is 0.253 e. The predicted octanol–water partition coefficient (Wildman–Crippen LogP) is 3.61. The van der Waals surface area contributed by atoms with Crippen molar-refractivity contribution in [3.05, 3.63) is 66.1 Å². The number of nitrogens with zero attached hydrogens (tertiary/aromatic N) is 3. The Hall–Kier alpha value is -3.28. The molecule has 2 aromatic heterocycles. The van der Waals surface area contributed by atoms with E-state index in [4.69, 9.17) is 4.98 Å². The lowest BCUT2D eigenvalue weighted by molar-refractivity contribution is -0.114. The van der Waals surface area contributed by atoms with Gasteiger partial charge in [-0.2, -0.15) is 0 Å². The summed E-state index contributed by atoms with van der Waals surface area (Å²) in [6.07, 6.45) is 4.90. The minimum absolute atomic E-state index is 0.0365. The molecule has 3 heterocycles. The van der Waals surface area contributed by atoms with Gasteiger partial charge < -0.3 is 10.2 Å². The lowest BCUT2D eigenvalue weighted by Gasteiger charge is -2.32. The monoisotopic (exact) mass is 374 g/mol. The molecule has 0 spiro atoms. The summed E-state index contributed by atoms with van der Waals surface area (Å²) in [5.41, 5.74) is 3.26. The van der Waals surface area contributed by atoms with Crippen LogP contribution in [0.5, 0.6) is 0 Å². The normalized spacial score (nSPS) is 14.8. The summed E-state index contributed by atoms with van der Waals surface area (Å²) in [4.78, 5) is 35.0. The van der Waals surface area contributed by atoms with Gasteiger partial charge in [-0.25, -0.2) is 0 Å². The van der Waals surface area contributed by atoms with Crippen molar-refractivity contribution in [2.75, 3.05) is 18.4 Å². The molecule has 0 bridgehead atoms. The smallest absolute Gasteiger partial charge is 0.253 e. The third kappa shape index (κ3) is 3.71. The molecule has 1 N–H and O–H groups in total. The predicted molar refractivity (Wildman–Crippen MR) is 108 cm³/mol. The molecule has 28 heavy (non-hydrogen) atoms. The second-order valence-corrected chi connectivity index (χ2v) is 7.10. The van der Waals surface area contributed by atoms with Crippen molar-refractivity contribution in [3.63, 3.8) is 0 Å². The van der Waals surface area contributed by atoms with Crippen LogP contribution in [0.3, 0.4) is 0 Å². The zero-order valence-corrected chi connectivity index (χ0v) is 15.8. The van der Waals surface area contributed by atoms with Crippen molar-refractivity contribution in [2.45, 2.75) is 25.7 Å². The van der Waals surface area contributed by atoms with Gasteiger partial charge in [0.1, 0.15) is 0 Å². The number of pyridine rings is 2. The number of aromatic nitrogens is 2. The molecule has 6 nitrogen and oxygen atoms in total.